The van der Waals surface area contributed by atoms with Crippen LogP contribution in [0, 0.1) is 29.1 Å². The Balaban J connectivity index is 1.58. The molecule has 4 aliphatic rings. The van der Waals surface area contributed by atoms with Crippen LogP contribution in [0.3, 0.4) is 0 Å². The summed E-state index contributed by atoms with van der Waals surface area (Å²) in [7, 11) is -4.99. The molecule has 0 bridgehead atoms. The molecule has 4 fully saturated rings. The molecule has 5 N–H and O–H groups in total. The largest absolute Gasteiger partial charge is 0.374 e. The summed E-state index contributed by atoms with van der Waals surface area (Å²) in [4.78, 5) is 66.3. The lowest BCUT2D eigenvalue weighted by molar-refractivity contribution is -0.145. The lowest BCUT2D eigenvalue weighted by Gasteiger charge is -2.37. The van der Waals surface area contributed by atoms with Crippen LogP contribution in [-0.4, -0.2) is 89.0 Å². The molecule has 7 atom stereocenters. The van der Waals surface area contributed by atoms with Gasteiger partial charge in [0.1, 0.15) is 17.9 Å². The summed E-state index contributed by atoms with van der Waals surface area (Å²) in [6.45, 7) is 6.25. The molecule has 236 valence electrons. The summed E-state index contributed by atoms with van der Waals surface area (Å²) in [5.41, 5.74) is -2.65. The van der Waals surface area contributed by atoms with Crippen LogP contribution in [0.2, 0.25) is 0 Å². The average molecular weight is 613 g/mol. The number of carbonyl (C=O) groups is 5. The lowest BCUT2D eigenvalue weighted by atomic mass is 9.83. The van der Waals surface area contributed by atoms with Gasteiger partial charge >= 0.3 is 0 Å². The Kier molecular flexibility index (Phi) is 9.68. The molecular formula is C28H44N4O9S. The maximum absolute atomic E-state index is 14.1. The molecule has 2 heterocycles. The fourth-order valence-electron chi connectivity index (χ4n) is 7.27. The van der Waals surface area contributed by atoms with Crippen molar-refractivity contribution in [1.29, 1.82) is 0 Å². The van der Waals surface area contributed by atoms with Crippen LogP contribution >= 0.6 is 0 Å². The van der Waals surface area contributed by atoms with E-state index in [4.69, 9.17) is 0 Å². The molecular weight excluding hydrogens is 568 g/mol. The van der Waals surface area contributed by atoms with E-state index in [1.165, 1.54) is 4.90 Å². The molecule has 2 aliphatic heterocycles. The number of fused-ring (bicyclic) bond motifs is 1. The minimum atomic E-state index is -4.99. The molecule has 4 amide bonds. The van der Waals surface area contributed by atoms with Crippen molar-refractivity contribution in [2.45, 2.75) is 102 Å². The molecule has 13 nitrogen and oxygen atoms in total. The van der Waals surface area contributed by atoms with Gasteiger partial charge in [-0.3, -0.25) is 28.5 Å². The Labute approximate surface area is 246 Å². The van der Waals surface area contributed by atoms with E-state index >= 15 is 0 Å². The van der Waals surface area contributed by atoms with E-state index in [2.05, 4.69) is 16.0 Å². The van der Waals surface area contributed by atoms with Crippen molar-refractivity contribution in [3.63, 3.8) is 0 Å². The molecule has 0 aromatic rings. The molecule has 2 saturated heterocycles. The van der Waals surface area contributed by atoms with Crippen LogP contribution in [0.1, 0.15) is 78.6 Å². The zero-order valence-electron chi connectivity index (χ0n) is 24.5. The molecule has 14 heteroatoms. The topological polar surface area (TPSA) is 199 Å². The Hall–Kier alpha value is -2.58. The summed E-state index contributed by atoms with van der Waals surface area (Å²) < 4.78 is 33.3. The second-order valence-corrected chi connectivity index (χ2v) is 14.4. The number of hydrogen-bond donors (Lipinski definition) is 5. The fraction of sp³-hybridized carbons (Fsp3) is 0.821. The fourth-order valence-corrected chi connectivity index (χ4v) is 7.86. The van der Waals surface area contributed by atoms with Gasteiger partial charge in [-0.05, 0) is 48.9 Å². The monoisotopic (exact) mass is 612 g/mol. The molecule has 42 heavy (non-hydrogen) atoms. The SMILES string of the molecule is CCC(=O)CC(=O)N[C@H](C(=O)N1C[C@H]2[C@@H]([C@H]1C(=O)N[C@@H](C[C@@H]1CCNC1=O)C(O)S(=O)(=O)O)C2(C)C)C1CCCCC1. The van der Waals surface area contributed by atoms with Crippen LogP contribution in [-0.2, 0) is 34.1 Å². The van der Waals surface area contributed by atoms with Crippen molar-refractivity contribution in [2.75, 3.05) is 13.1 Å². The van der Waals surface area contributed by atoms with E-state index < -0.39 is 57.3 Å². The van der Waals surface area contributed by atoms with E-state index in [0.717, 1.165) is 19.3 Å². The van der Waals surface area contributed by atoms with E-state index in [-0.39, 0.29) is 60.7 Å². The number of hydrogen-bond acceptors (Lipinski definition) is 8. The van der Waals surface area contributed by atoms with Crippen molar-refractivity contribution < 1.29 is 42.0 Å². The van der Waals surface area contributed by atoms with E-state index in [1.54, 1.807) is 6.92 Å². The quantitative estimate of drug-likeness (QED) is 0.150. The first-order valence-corrected chi connectivity index (χ1v) is 16.5. The molecule has 2 saturated carbocycles. The number of nitrogens with zero attached hydrogens (tertiary/aromatic N) is 1. The van der Waals surface area contributed by atoms with Gasteiger partial charge in [-0.25, -0.2) is 0 Å². The highest BCUT2D eigenvalue weighted by Crippen LogP contribution is 2.65. The number of amides is 4. The summed E-state index contributed by atoms with van der Waals surface area (Å²) in [5.74, 6) is -3.33. The van der Waals surface area contributed by atoms with Crippen LogP contribution in [0.15, 0.2) is 0 Å². The Bertz CT molecular complexity index is 1200. The number of nitrogens with one attached hydrogen (secondary N) is 3. The Morgan fingerprint density at radius 2 is 1.76 bits per heavy atom. The van der Waals surface area contributed by atoms with Crippen LogP contribution < -0.4 is 16.0 Å². The zero-order valence-corrected chi connectivity index (χ0v) is 25.3. The zero-order chi connectivity index (χ0) is 31.0. The van der Waals surface area contributed by atoms with Crippen molar-refractivity contribution in [3.05, 3.63) is 0 Å². The van der Waals surface area contributed by atoms with Gasteiger partial charge in [0.05, 0.1) is 12.5 Å². The maximum Gasteiger partial charge on any atom is 0.294 e. The van der Waals surface area contributed by atoms with Crippen molar-refractivity contribution in [2.24, 2.45) is 29.1 Å². The van der Waals surface area contributed by atoms with Gasteiger partial charge in [0.2, 0.25) is 29.1 Å². The first-order valence-electron chi connectivity index (χ1n) is 15.0. The molecule has 0 aromatic carbocycles. The molecule has 4 rings (SSSR count). The summed E-state index contributed by atoms with van der Waals surface area (Å²) in [5, 5.41) is 18.4. The first kappa shape index (κ1) is 32.3. The Morgan fingerprint density at radius 3 is 2.33 bits per heavy atom. The van der Waals surface area contributed by atoms with Crippen molar-refractivity contribution >= 4 is 39.5 Å². The second-order valence-electron chi connectivity index (χ2n) is 12.9. The van der Waals surface area contributed by atoms with E-state index in [1.807, 2.05) is 13.8 Å². The van der Waals surface area contributed by atoms with Crippen LogP contribution in [0.25, 0.3) is 0 Å². The minimum absolute atomic E-state index is 0.00728. The van der Waals surface area contributed by atoms with Crippen molar-refractivity contribution in [1.82, 2.24) is 20.9 Å². The van der Waals surface area contributed by atoms with E-state index in [0.29, 0.717) is 25.8 Å². The Morgan fingerprint density at radius 1 is 1.10 bits per heavy atom. The number of aliphatic hydroxyl groups excluding tert-OH is 1. The number of piperidine rings is 1. The van der Waals surface area contributed by atoms with Gasteiger partial charge in [-0.15, -0.1) is 0 Å². The summed E-state index contributed by atoms with van der Waals surface area (Å²) >= 11 is 0. The first-order chi connectivity index (χ1) is 19.7. The lowest BCUT2D eigenvalue weighted by Crippen LogP contribution is -2.60. The highest BCUT2D eigenvalue weighted by Gasteiger charge is 2.69. The molecule has 0 spiro atoms. The smallest absolute Gasteiger partial charge is 0.294 e. The van der Waals surface area contributed by atoms with Crippen LogP contribution in [0.5, 0.6) is 0 Å². The number of Topliss-reactive ketones (excluding diaryl/α,β-unsaturated/α-hetero) is 1. The van der Waals surface area contributed by atoms with Crippen molar-refractivity contribution in [3.8, 4) is 0 Å². The summed E-state index contributed by atoms with van der Waals surface area (Å²) in [6, 6.07) is -3.42. The van der Waals surface area contributed by atoms with Gasteiger partial charge < -0.3 is 26.0 Å². The third kappa shape index (κ3) is 6.80. The molecule has 2 aliphatic carbocycles. The number of rotatable bonds is 12. The van der Waals surface area contributed by atoms with Gasteiger partial charge in [0.15, 0.2) is 0 Å². The maximum atomic E-state index is 14.1. The molecule has 0 aromatic heterocycles. The predicted molar refractivity (Wildman–Crippen MR) is 150 cm³/mol. The normalized spacial score (nSPS) is 29.2. The van der Waals surface area contributed by atoms with E-state index in [9.17, 15) is 42.0 Å². The molecule has 1 unspecified atom stereocenters. The summed E-state index contributed by atoms with van der Waals surface area (Å²) in [6.07, 6.45) is 4.25. The van der Waals surface area contributed by atoms with Crippen LogP contribution in [0.4, 0.5) is 0 Å². The second kappa shape index (κ2) is 12.6. The predicted octanol–water partition coefficient (Wildman–Crippen LogP) is 0.121. The minimum Gasteiger partial charge on any atom is -0.374 e. The highest BCUT2D eigenvalue weighted by atomic mass is 32.2. The third-order valence-corrected chi connectivity index (χ3v) is 10.8. The highest BCUT2D eigenvalue weighted by molar-refractivity contribution is 7.86. The van der Waals surface area contributed by atoms with Gasteiger partial charge in [-0.2, -0.15) is 8.42 Å². The van der Waals surface area contributed by atoms with Gasteiger partial charge in [0.25, 0.3) is 10.1 Å². The molecule has 0 radical (unpaired) electrons. The van der Waals surface area contributed by atoms with Gasteiger partial charge in [0, 0.05) is 25.4 Å². The number of aliphatic hydroxyl groups is 1. The number of ketones is 1. The number of carbonyl (C=O) groups excluding carboxylic acids is 5. The standard InChI is InChI=1S/C28H44N4O9S/c1-4-17(33)13-20(34)31-22(15-8-6-5-7-9-15)26(37)32-14-18-21(28(18,2)3)23(32)25(36)30-19(27(38)42(39,40)41)12-16-10-11-29-24(16)35/h15-16,18-19,21-23,27,38H,4-14H2,1-3H3,(H,29,35)(H,30,36)(H,31,34)(H,39,40,41)/t16-,18-,19-,21-,22-,23-,27?/m0/s1. The third-order valence-electron chi connectivity index (χ3n) is 9.89. The average Bonchev–Trinajstić information content (AvgIpc) is 3.28. The van der Waals surface area contributed by atoms with Gasteiger partial charge in [-0.1, -0.05) is 40.0 Å². The number of likely N-dealkylation sites (tertiary alicyclic amines) is 1.